The van der Waals surface area contributed by atoms with Crippen molar-refractivity contribution in [2.24, 2.45) is 0 Å². The zero-order valence-corrected chi connectivity index (χ0v) is 39.5. The quantitative estimate of drug-likeness (QED) is 0.142. The number of fused-ring (bicyclic) bond motifs is 8. The number of hydrogen-bond donors (Lipinski definition) is 0. The number of nitrogens with zero attached hydrogens (tertiary/aromatic N) is 2. The van der Waals surface area contributed by atoms with Gasteiger partial charge in [0.1, 0.15) is 11.2 Å². The summed E-state index contributed by atoms with van der Waals surface area (Å²) in [5.74, 6) is 0.447. The van der Waals surface area contributed by atoms with Crippen molar-refractivity contribution in [3.05, 3.63) is 217 Å². The maximum Gasteiger partial charge on any atom is 0.159 e. The molecule has 0 fully saturated rings. The van der Waals surface area contributed by atoms with Gasteiger partial charge in [0.15, 0.2) is 11.2 Å². The number of anilines is 6. The van der Waals surface area contributed by atoms with Crippen LogP contribution in [0.2, 0.25) is 0 Å². The van der Waals surface area contributed by atoms with Crippen molar-refractivity contribution in [2.45, 2.75) is 39.5 Å². The van der Waals surface area contributed by atoms with Gasteiger partial charge in [0.25, 0.3) is 0 Å². The smallest absolute Gasteiger partial charge is 0.159 e. The van der Waals surface area contributed by atoms with Gasteiger partial charge in [-0.05, 0) is 104 Å². The van der Waals surface area contributed by atoms with E-state index in [-0.39, 0.29) is 11.8 Å². The Kier molecular flexibility index (Phi) is 8.94. The molecule has 0 bridgehead atoms. The molecule has 0 aliphatic rings. The number of rotatable bonds is 8. The van der Waals surface area contributed by atoms with Crippen molar-refractivity contribution in [2.75, 3.05) is 9.80 Å². The Hall–Kier alpha value is -8.60. The van der Waals surface area contributed by atoms with E-state index < -0.39 is 0 Å². The third kappa shape index (κ3) is 5.89. The maximum absolute atomic E-state index is 6.92. The van der Waals surface area contributed by atoms with Crippen molar-refractivity contribution in [3.8, 4) is 0 Å². The van der Waals surface area contributed by atoms with Crippen LogP contribution in [0.3, 0.4) is 0 Å². The fourth-order valence-corrected chi connectivity index (χ4v) is 11.7. The topological polar surface area (TPSA) is 32.8 Å². The monoisotopic (exact) mass is 900 g/mol. The molecule has 334 valence electrons. The molecule has 14 rings (SSSR count). The molecule has 14 aromatic rings. The first kappa shape index (κ1) is 40.5. The predicted octanol–water partition coefficient (Wildman–Crippen LogP) is 19.9. The maximum atomic E-state index is 6.92. The number of para-hydroxylation sites is 4. The van der Waals surface area contributed by atoms with Crippen LogP contribution in [-0.4, -0.2) is 0 Å². The SMILES string of the molecule is CC(C)c1cc(N(c2cccc3ccccc23)c2cccc3c2oc2ccccc23)c2ccc3c(C(C)C)cc(N(c4cccc5ccccc45)c4cccc5c4oc4ccccc45)c4ccc1c2c34. The first-order chi connectivity index (χ1) is 34.4. The lowest BCUT2D eigenvalue weighted by Gasteiger charge is -2.32. The molecule has 0 saturated carbocycles. The van der Waals surface area contributed by atoms with Crippen molar-refractivity contribution in [3.63, 3.8) is 0 Å². The molecule has 0 amide bonds. The Morgan fingerprint density at radius 3 is 1.07 bits per heavy atom. The van der Waals surface area contributed by atoms with E-state index in [2.05, 4.69) is 244 Å². The van der Waals surface area contributed by atoms with Crippen LogP contribution in [-0.2, 0) is 0 Å². The highest BCUT2D eigenvalue weighted by molar-refractivity contribution is 6.30. The lowest BCUT2D eigenvalue weighted by Crippen LogP contribution is -2.13. The summed E-state index contributed by atoms with van der Waals surface area (Å²) in [6, 6.07) is 75.3. The van der Waals surface area contributed by atoms with Crippen LogP contribution in [0.1, 0.15) is 50.7 Å². The van der Waals surface area contributed by atoms with Gasteiger partial charge in [-0.1, -0.05) is 185 Å². The summed E-state index contributed by atoms with van der Waals surface area (Å²) in [7, 11) is 0. The summed E-state index contributed by atoms with van der Waals surface area (Å²) in [5.41, 5.74) is 12.5. The standard InChI is InChI=1S/C66H48N2O2/c1-39(2)53-37-59(67(55-27-13-19-41-17-5-7-21-43(41)55)57-29-15-25-49-45-23-9-11-31-61(45)69-65(49)57)51-36-34-48-54(40(3)4)38-60(52-35-33-47(53)63(51)64(48)52)68(56-28-14-20-42-18-6-8-22-44(42)56)58-30-16-26-50-46-24-10-12-32-62(46)70-66(50)58/h5-40H,1-4H3. The molecule has 2 aromatic heterocycles. The number of furan rings is 2. The van der Waals surface area contributed by atoms with Crippen LogP contribution in [0.4, 0.5) is 34.1 Å². The van der Waals surface area contributed by atoms with Crippen molar-refractivity contribution >= 4 is 132 Å². The summed E-state index contributed by atoms with van der Waals surface area (Å²) in [6.45, 7) is 9.33. The van der Waals surface area contributed by atoms with E-state index in [0.29, 0.717) is 0 Å². The molecule has 0 aliphatic carbocycles. The normalized spacial score (nSPS) is 12.3. The minimum absolute atomic E-state index is 0.224. The van der Waals surface area contributed by atoms with Crippen molar-refractivity contribution in [1.82, 2.24) is 0 Å². The largest absolute Gasteiger partial charge is 0.454 e. The highest BCUT2D eigenvalue weighted by Crippen LogP contribution is 2.54. The third-order valence-corrected chi connectivity index (χ3v) is 14.9. The molecular formula is C66H48N2O2. The van der Waals surface area contributed by atoms with Gasteiger partial charge in [0.2, 0.25) is 0 Å². The predicted molar refractivity (Wildman–Crippen MR) is 297 cm³/mol. The van der Waals surface area contributed by atoms with E-state index in [1.165, 1.54) is 65.0 Å². The van der Waals surface area contributed by atoms with Gasteiger partial charge in [0, 0.05) is 43.1 Å². The van der Waals surface area contributed by atoms with Crippen molar-refractivity contribution in [1.29, 1.82) is 0 Å². The lowest BCUT2D eigenvalue weighted by molar-refractivity contribution is 0.669. The zero-order chi connectivity index (χ0) is 46.8. The summed E-state index contributed by atoms with van der Waals surface area (Å²) in [5, 5.41) is 16.6. The van der Waals surface area contributed by atoms with E-state index in [4.69, 9.17) is 8.83 Å². The fraction of sp³-hybridized carbons (Fsp3) is 0.0909. The molecule has 2 heterocycles. The number of hydrogen-bond acceptors (Lipinski definition) is 4. The molecule has 0 unspecified atom stereocenters. The molecule has 0 aliphatic heterocycles. The Labute approximate surface area is 405 Å². The van der Waals surface area contributed by atoms with Crippen molar-refractivity contribution < 1.29 is 8.83 Å². The van der Waals surface area contributed by atoms with E-state index in [1.807, 2.05) is 0 Å². The van der Waals surface area contributed by atoms with Gasteiger partial charge >= 0.3 is 0 Å². The van der Waals surface area contributed by atoms with Crippen LogP contribution in [0.25, 0.3) is 97.7 Å². The van der Waals surface area contributed by atoms with Gasteiger partial charge < -0.3 is 18.6 Å². The van der Waals surface area contributed by atoms with E-state index in [9.17, 15) is 0 Å². The summed E-state index contributed by atoms with van der Waals surface area (Å²) < 4.78 is 13.8. The van der Waals surface area contributed by atoms with Gasteiger partial charge in [-0.15, -0.1) is 0 Å². The van der Waals surface area contributed by atoms with E-state index in [1.54, 1.807) is 0 Å². The second kappa shape index (κ2) is 15.5. The van der Waals surface area contributed by atoms with Crippen LogP contribution < -0.4 is 9.80 Å². The molecule has 70 heavy (non-hydrogen) atoms. The van der Waals surface area contributed by atoms with Gasteiger partial charge in [-0.3, -0.25) is 0 Å². The zero-order valence-electron chi connectivity index (χ0n) is 39.5. The minimum atomic E-state index is 0.224. The molecule has 0 radical (unpaired) electrons. The average molecular weight is 901 g/mol. The average Bonchev–Trinajstić information content (AvgIpc) is 3.98. The molecule has 12 aromatic carbocycles. The van der Waals surface area contributed by atoms with Crippen LogP contribution >= 0.6 is 0 Å². The van der Waals surface area contributed by atoms with Crippen LogP contribution in [0.15, 0.2) is 215 Å². The Bertz CT molecular complexity index is 4110. The van der Waals surface area contributed by atoms with Crippen LogP contribution in [0, 0.1) is 0 Å². The van der Waals surface area contributed by atoms with E-state index >= 15 is 0 Å². The molecular weight excluding hydrogens is 853 g/mol. The fourth-order valence-electron chi connectivity index (χ4n) is 11.7. The minimum Gasteiger partial charge on any atom is -0.454 e. The van der Waals surface area contributed by atoms with Crippen LogP contribution in [0.5, 0.6) is 0 Å². The Morgan fingerprint density at radius 2 is 0.629 bits per heavy atom. The molecule has 4 nitrogen and oxygen atoms in total. The highest BCUT2D eigenvalue weighted by Gasteiger charge is 2.29. The molecule has 0 saturated heterocycles. The number of benzene rings is 12. The second-order valence-electron chi connectivity index (χ2n) is 19.5. The Balaban J connectivity index is 1.13. The molecule has 4 heteroatoms. The third-order valence-electron chi connectivity index (χ3n) is 14.9. The first-order valence-electron chi connectivity index (χ1n) is 24.6. The summed E-state index contributed by atoms with van der Waals surface area (Å²) in [6.07, 6.45) is 0. The van der Waals surface area contributed by atoms with Gasteiger partial charge in [0.05, 0.1) is 34.1 Å². The summed E-state index contributed by atoms with van der Waals surface area (Å²) in [4.78, 5) is 4.97. The summed E-state index contributed by atoms with van der Waals surface area (Å²) >= 11 is 0. The second-order valence-corrected chi connectivity index (χ2v) is 19.5. The Morgan fingerprint density at radius 1 is 0.286 bits per heavy atom. The first-order valence-corrected chi connectivity index (χ1v) is 24.6. The lowest BCUT2D eigenvalue weighted by atomic mass is 9.84. The van der Waals surface area contributed by atoms with Gasteiger partial charge in [-0.25, -0.2) is 0 Å². The van der Waals surface area contributed by atoms with E-state index in [0.717, 1.165) is 78.0 Å². The molecule has 0 N–H and O–H groups in total. The highest BCUT2D eigenvalue weighted by atomic mass is 16.3. The molecule has 0 atom stereocenters. The van der Waals surface area contributed by atoms with Gasteiger partial charge in [-0.2, -0.15) is 0 Å². The molecule has 0 spiro atoms.